The number of hydrogen-bond acceptors (Lipinski definition) is 5. The van der Waals surface area contributed by atoms with Gasteiger partial charge in [0.05, 0.1) is 6.20 Å². The lowest BCUT2D eigenvalue weighted by Crippen LogP contribution is -2.47. The maximum Gasteiger partial charge on any atom is 0.331 e. The average molecular weight is 417 g/mol. The second-order valence-electron chi connectivity index (χ2n) is 6.89. The van der Waals surface area contributed by atoms with Crippen molar-refractivity contribution in [2.24, 2.45) is 5.92 Å². The molecule has 0 amide bonds. The van der Waals surface area contributed by atoms with Crippen molar-refractivity contribution in [2.75, 3.05) is 4.31 Å². The molecule has 9 heteroatoms. The van der Waals surface area contributed by atoms with Gasteiger partial charge in [-0.25, -0.2) is 9.48 Å². The number of thiophene rings is 1. The Morgan fingerprint density at radius 1 is 1.32 bits per heavy atom. The van der Waals surface area contributed by atoms with Crippen LogP contribution in [0.5, 0.6) is 0 Å². The fraction of sp³-hybridized carbons (Fsp3) is 0.263. The van der Waals surface area contributed by atoms with Crippen molar-refractivity contribution in [1.82, 2.24) is 9.78 Å². The van der Waals surface area contributed by atoms with Gasteiger partial charge in [0.15, 0.2) is 5.54 Å². The number of aromatic nitrogens is 2. The minimum absolute atomic E-state index is 0.351. The number of rotatable bonds is 6. The van der Waals surface area contributed by atoms with E-state index in [2.05, 4.69) is 5.10 Å². The largest absolute Gasteiger partial charge is 0.755 e. The van der Waals surface area contributed by atoms with E-state index in [0.29, 0.717) is 10.0 Å². The van der Waals surface area contributed by atoms with E-state index < -0.39 is 28.7 Å². The van der Waals surface area contributed by atoms with Gasteiger partial charge < -0.3 is 9.66 Å². The standard InChI is InChI=1S/C19H19N3O4S2/c1-12-10-20-21(11-12)15-8-9-16(27-15)22(28(25)26)19(18(23)24)13(2)17(19)14-6-4-3-5-7-14/h3-11,13,17H,1-2H3,(H,23,24)(H,25,26)/p-1. The second-order valence-corrected chi connectivity index (χ2v) is 8.73. The molecule has 0 aliphatic heterocycles. The highest BCUT2D eigenvalue weighted by Gasteiger charge is 2.72. The third kappa shape index (κ3) is 2.78. The van der Waals surface area contributed by atoms with Gasteiger partial charge in [-0.2, -0.15) is 5.10 Å². The van der Waals surface area contributed by atoms with Gasteiger partial charge in [0.25, 0.3) is 0 Å². The Morgan fingerprint density at radius 3 is 2.61 bits per heavy atom. The van der Waals surface area contributed by atoms with E-state index in [1.54, 1.807) is 29.9 Å². The third-order valence-corrected chi connectivity index (χ3v) is 7.23. The molecule has 4 unspecified atom stereocenters. The van der Waals surface area contributed by atoms with E-state index in [-0.39, 0.29) is 5.92 Å². The van der Waals surface area contributed by atoms with Crippen LogP contribution in [0, 0.1) is 12.8 Å². The average Bonchev–Trinajstić information content (AvgIpc) is 3.00. The predicted octanol–water partition coefficient (Wildman–Crippen LogP) is 3.10. The van der Waals surface area contributed by atoms with Crippen LogP contribution in [0.15, 0.2) is 54.9 Å². The summed E-state index contributed by atoms with van der Waals surface area (Å²) in [5, 5.41) is 15.4. The third-order valence-electron chi connectivity index (χ3n) is 5.26. The molecule has 1 fully saturated rings. The van der Waals surface area contributed by atoms with Gasteiger partial charge in [0, 0.05) is 29.3 Å². The van der Waals surface area contributed by atoms with E-state index in [1.165, 1.54) is 11.3 Å². The molecule has 0 radical (unpaired) electrons. The second kappa shape index (κ2) is 6.84. The summed E-state index contributed by atoms with van der Waals surface area (Å²) in [7, 11) is 0. The van der Waals surface area contributed by atoms with E-state index >= 15 is 0 Å². The number of aryl methyl sites for hydroxylation is 1. The van der Waals surface area contributed by atoms with E-state index in [0.717, 1.165) is 15.4 Å². The van der Waals surface area contributed by atoms with Gasteiger partial charge in [-0.3, -0.25) is 8.51 Å². The molecule has 28 heavy (non-hydrogen) atoms. The summed E-state index contributed by atoms with van der Waals surface area (Å²) in [6.45, 7) is 3.68. The van der Waals surface area contributed by atoms with Crippen molar-refractivity contribution in [3.8, 4) is 5.00 Å². The molecule has 7 nitrogen and oxygen atoms in total. The van der Waals surface area contributed by atoms with E-state index in [9.17, 15) is 18.7 Å². The van der Waals surface area contributed by atoms with Gasteiger partial charge in [-0.05, 0) is 30.2 Å². The summed E-state index contributed by atoms with van der Waals surface area (Å²) in [6.07, 6.45) is 3.53. The maximum atomic E-state index is 12.3. The lowest BCUT2D eigenvalue weighted by molar-refractivity contribution is -0.139. The minimum atomic E-state index is -2.75. The molecule has 2 aromatic heterocycles. The predicted molar refractivity (Wildman–Crippen MR) is 106 cm³/mol. The van der Waals surface area contributed by atoms with Crippen LogP contribution in [0.3, 0.4) is 0 Å². The van der Waals surface area contributed by atoms with E-state index in [4.69, 9.17) is 0 Å². The summed E-state index contributed by atoms with van der Waals surface area (Å²) in [6, 6.07) is 12.6. The van der Waals surface area contributed by atoms with Crippen molar-refractivity contribution in [3.63, 3.8) is 0 Å². The summed E-state index contributed by atoms with van der Waals surface area (Å²) < 4.78 is 27.1. The number of nitrogens with zero attached hydrogens (tertiary/aromatic N) is 3. The Hall–Kier alpha value is -2.49. The minimum Gasteiger partial charge on any atom is -0.755 e. The van der Waals surface area contributed by atoms with Crippen LogP contribution in [-0.2, 0) is 16.1 Å². The van der Waals surface area contributed by atoms with E-state index in [1.807, 2.05) is 43.5 Å². The Labute approximate surface area is 168 Å². The molecular weight excluding hydrogens is 398 g/mol. The highest BCUT2D eigenvalue weighted by molar-refractivity contribution is 7.81. The smallest absolute Gasteiger partial charge is 0.331 e. The van der Waals surface area contributed by atoms with Gasteiger partial charge in [-0.15, -0.1) is 0 Å². The molecule has 4 atom stereocenters. The normalized spacial score (nSPS) is 24.7. The highest BCUT2D eigenvalue weighted by Crippen LogP contribution is 2.62. The van der Waals surface area contributed by atoms with Crippen molar-refractivity contribution in [3.05, 3.63) is 66.0 Å². The number of aliphatic carboxylic acids is 1. The number of anilines is 1. The molecule has 146 valence electrons. The maximum absolute atomic E-state index is 12.3. The van der Waals surface area contributed by atoms with Crippen LogP contribution in [-0.4, -0.2) is 35.2 Å². The molecule has 4 rings (SSSR count). The molecule has 1 aliphatic rings. The van der Waals surface area contributed by atoms with Crippen LogP contribution in [0.2, 0.25) is 0 Å². The Balaban J connectivity index is 1.78. The Kier molecular flexibility index (Phi) is 4.60. The first kappa shape index (κ1) is 18.9. The van der Waals surface area contributed by atoms with Crippen LogP contribution in [0.4, 0.5) is 5.00 Å². The lowest BCUT2D eigenvalue weighted by atomic mass is 10.1. The topological polar surface area (TPSA) is 98.5 Å². The van der Waals surface area contributed by atoms with Crippen LogP contribution >= 0.6 is 11.3 Å². The van der Waals surface area contributed by atoms with Crippen LogP contribution < -0.4 is 4.31 Å². The van der Waals surface area contributed by atoms with Gasteiger partial charge in [-0.1, -0.05) is 48.6 Å². The molecule has 1 aliphatic carbocycles. The molecule has 2 heterocycles. The molecule has 0 spiro atoms. The van der Waals surface area contributed by atoms with Gasteiger partial charge in [0.1, 0.15) is 10.0 Å². The van der Waals surface area contributed by atoms with Crippen molar-refractivity contribution in [2.45, 2.75) is 25.3 Å². The SMILES string of the molecule is Cc1cnn(-c2ccc(N(S(=O)[O-])C3(C(=O)O)C(C)C3c3ccccc3)s2)c1. The van der Waals surface area contributed by atoms with Gasteiger partial charge in [0.2, 0.25) is 0 Å². The number of benzene rings is 1. The highest BCUT2D eigenvalue weighted by atomic mass is 32.2. The monoisotopic (exact) mass is 416 g/mol. The zero-order valence-corrected chi connectivity index (χ0v) is 16.8. The number of hydrogen-bond donors (Lipinski definition) is 1. The number of carboxylic acid groups (broad SMARTS) is 1. The number of carboxylic acids is 1. The summed E-state index contributed by atoms with van der Waals surface area (Å²) in [5.41, 5.74) is 0.240. The van der Waals surface area contributed by atoms with Crippen molar-refractivity contribution >= 4 is 33.6 Å². The van der Waals surface area contributed by atoms with Crippen molar-refractivity contribution < 1.29 is 18.7 Å². The molecule has 0 bridgehead atoms. The fourth-order valence-corrected chi connectivity index (χ4v) is 5.96. The number of carbonyl (C=O) groups is 1. The summed E-state index contributed by atoms with van der Waals surface area (Å²) in [5.74, 6) is -1.95. The Bertz CT molecular complexity index is 1050. The molecule has 1 N–H and O–H groups in total. The summed E-state index contributed by atoms with van der Waals surface area (Å²) in [4.78, 5) is 12.3. The van der Waals surface area contributed by atoms with Crippen LogP contribution in [0.1, 0.15) is 24.0 Å². The first-order valence-electron chi connectivity index (χ1n) is 8.66. The first-order chi connectivity index (χ1) is 13.4. The molecule has 0 saturated heterocycles. The molecule has 1 saturated carbocycles. The zero-order chi connectivity index (χ0) is 20.1. The molecule has 3 aromatic rings. The van der Waals surface area contributed by atoms with Crippen molar-refractivity contribution in [1.29, 1.82) is 0 Å². The zero-order valence-electron chi connectivity index (χ0n) is 15.2. The molecule has 1 aromatic carbocycles. The van der Waals surface area contributed by atoms with Gasteiger partial charge >= 0.3 is 5.97 Å². The molecular formula is C19H18N3O4S2-. The van der Waals surface area contributed by atoms with Crippen LogP contribution in [0.25, 0.3) is 5.00 Å². The Morgan fingerprint density at radius 2 is 2.04 bits per heavy atom. The first-order valence-corrected chi connectivity index (χ1v) is 10.5. The fourth-order valence-electron chi connectivity index (χ4n) is 3.94. The summed E-state index contributed by atoms with van der Waals surface area (Å²) >= 11 is -1.56. The lowest BCUT2D eigenvalue weighted by Gasteiger charge is -2.32. The quantitative estimate of drug-likeness (QED) is 0.623.